The maximum atomic E-state index is 6.35. The van der Waals surface area contributed by atoms with Crippen LogP contribution in [0.3, 0.4) is 0 Å². The number of halogens is 1. The maximum Gasteiger partial charge on any atom is 0.161 e. The number of rotatable bonds is 4. The molecule has 1 unspecified atom stereocenters. The molecule has 0 amide bonds. The fraction of sp³-hybridized carbons (Fsp3) is 0.417. The van der Waals surface area contributed by atoms with Crippen LogP contribution in [0.15, 0.2) is 17.6 Å². The fourth-order valence-electron chi connectivity index (χ4n) is 1.86. The number of methoxy groups -OCH3 is 1. The third kappa shape index (κ3) is 2.55. The third-order valence-electron chi connectivity index (χ3n) is 2.75. The Bertz CT molecular complexity index is 535. The zero-order valence-electron chi connectivity index (χ0n) is 10.6. The van der Waals surface area contributed by atoms with Crippen LogP contribution in [-0.2, 0) is 0 Å². The van der Waals surface area contributed by atoms with E-state index in [9.17, 15) is 0 Å². The summed E-state index contributed by atoms with van der Waals surface area (Å²) in [7, 11) is 1.65. The summed E-state index contributed by atoms with van der Waals surface area (Å²) in [4.78, 5) is 0. The van der Waals surface area contributed by atoms with Crippen molar-refractivity contribution in [3.63, 3.8) is 0 Å². The molecule has 0 saturated heterocycles. The van der Waals surface area contributed by atoms with E-state index < -0.39 is 0 Å². The van der Waals surface area contributed by atoms with E-state index in [-0.39, 0.29) is 12.1 Å². The highest BCUT2D eigenvalue weighted by Gasteiger charge is 2.22. The molecule has 2 N–H and O–H groups in total. The van der Waals surface area contributed by atoms with Crippen molar-refractivity contribution in [2.24, 2.45) is 5.73 Å². The predicted molar refractivity (Wildman–Crippen MR) is 82.2 cm³/mol. The normalized spacial score (nSPS) is 13.0. The second-order valence-corrected chi connectivity index (χ2v) is 7.10. The Morgan fingerprint density at radius 1 is 1.50 bits per heavy atom. The van der Waals surface area contributed by atoms with Gasteiger partial charge in [-0.2, -0.15) is 5.10 Å². The van der Waals surface area contributed by atoms with E-state index in [1.807, 2.05) is 4.68 Å². The van der Waals surface area contributed by atoms with E-state index in [1.54, 1.807) is 24.6 Å². The average Bonchev–Trinajstić information content (AvgIpc) is 2.93. The molecule has 4 nitrogen and oxygen atoms in total. The molecule has 0 radical (unpaired) electrons. The molecule has 1 atom stereocenters. The number of nitrogens with two attached hydrogens (primary N) is 1. The lowest BCUT2D eigenvalue weighted by atomic mass is 10.1. The van der Waals surface area contributed by atoms with E-state index >= 15 is 0 Å². The molecule has 0 aromatic carbocycles. The summed E-state index contributed by atoms with van der Waals surface area (Å²) in [6.45, 7) is 4.17. The second-order valence-electron chi connectivity index (χ2n) is 4.30. The lowest BCUT2D eigenvalue weighted by Crippen LogP contribution is -2.19. The Labute approximate surface area is 124 Å². The van der Waals surface area contributed by atoms with Crippen LogP contribution in [0.4, 0.5) is 0 Å². The van der Waals surface area contributed by atoms with Crippen LogP contribution in [0.2, 0.25) is 0 Å². The van der Waals surface area contributed by atoms with Gasteiger partial charge >= 0.3 is 0 Å². The number of hydrogen-bond donors (Lipinski definition) is 1. The first-order valence-electron chi connectivity index (χ1n) is 5.65. The van der Waals surface area contributed by atoms with Gasteiger partial charge in [0.15, 0.2) is 5.75 Å². The van der Waals surface area contributed by atoms with Gasteiger partial charge in [-0.05, 0) is 53.4 Å². The van der Waals surface area contributed by atoms with Crippen LogP contribution in [0, 0.1) is 2.88 Å². The summed E-state index contributed by atoms with van der Waals surface area (Å²) < 4.78 is 8.52. The van der Waals surface area contributed by atoms with Crippen molar-refractivity contribution in [2.45, 2.75) is 25.9 Å². The van der Waals surface area contributed by atoms with Gasteiger partial charge in [0, 0.05) is 6.04 Å². The highest BCUT2D eigenvalue weighted by Crippen LogP contribution is 2.32. The lowest BCUT2D eigenvalue weighted by molar-refractivity contribution is 0.401. The van der Waals surface area contributed by atoms with E-state index in [2.05, 4.69) is 53.0 Å². The van der Waals surface area contributed by atoms with E-state index in [4.69, 9.17) is 10.5 Å². The van der Waals surface area contributed by atoms with Gasteiger partial charge in [0.1, 0.15) is 5.69 Å². The fourth-order valence-corrected chi connectivity index (χ4v) is 3.27. The van der Waals surface area contributed by atoms with Gasteiger partial charge < -0.3 is 10.5 Å². The second kappa shape index (κ2) is 5.58. The smallest absolute Gasteiger partial charge is 0.161 e. The zero-order chi connectivity index (χ0) is 13.3. The van der Waals surface area contributed by atoms with Crippen molar-refractivity contribution in [1.29, 1.82) is 0 Å². The van der Waals surface area contributed by atoms with Crippen LogP contribution in [-0.4, -0.2) is 16.9 Å². The standard InChI is InChI=1S/C12H16IN3OS/c1-7(2)16-12(9(17-3)5-15-16)11(14)8-4-10(13)18-6-8/h4-7,11H,14H2,1-3H3. The van der Waals surface area contributed by atoms with Gasteiger partial charge in [0.2, 0.25) is 0 Å². The Balaban J connectivity index is 2.45. The molecule has 2 heterocycles. The van der Waals surface area contributed by atoms with Gasteiger partial charge in [-0.15, -0.1) is 11.3 Å². The van der Waals surface area contributed by atoms with Crippen molar-refractivity contribution in [3.05, 3.63) is 31.8 Å². The highest BCUT2D eigenvalue weighted by atomic mass is 127. The number of nitrogens with zero attached hydrogens (tertiary/aromatic N) is 2. The van der Waals surface area contributed by atoms with Gasteiger partial charge in [-0.25, -0.2) is 0 Å². The number of thiophene rings is 1. The number of ether oxygens (including phenoxy) is 1. The molecule has 6 heteroatoms. The molecule has 0 spiro atoms. The summed E-state index contributed by atoms with van der Waals surface area (Å²) in [5.41, 5.74) is 8.39. The van der Waals surface area contributed by atoms with Gasteiger partial charge in [0.25, 0.3) is 0 Å². The first-order chi connectivity index (χ1) is 8.54. The largest absolute Gasteiger partial charge is 0.493 e. The monoisotopic (exact) mass is 377 g/mol. The van der Waals surface area contributed by atoms with Crippen molar-refractivity contribution >= 4 is 33.9 Å². The molecule has 0 aliphatic rings. The number of hydrogen-bond acceptors (Lipinski definition) is 4. The molecule has 2 rings (SSSR count). The topological polar surface area (TPSA) is 53.1 Å². The van der Waals surface area contributed by atoms with Gasteiger partial charge in [-0.3, -0.25) is 4.68 Å². The van der Waals surface area contributed by atoms with E-state index in [0.717, 1.165) is 17.0 Å². The minimum atomic E-state index is -0.204. The molecular weight excluding hydrogens is 361 g/mol. The molecule has 0 saturated carbocycles. The Morgan fingerprint density at radius 3 is 2.72 bits per heavy atom. The maximum absolute atomic E-state index is 6.35. The van der Waals surface area contributed by atoms with E-state index in [1.165, 1.54) is 2.88 Å². The molecule has 98 valence electrons. The Hall–Kier alpha value is -0.600. The van der Waals surface area contributed by atoms with Crippen molar-refractivity contribution in [2.75, 3.05) is 7.11 Å². The summed E-state index contributed by atoms with van der Waals surface area (Å²) in [6.07, 6.45) is 1.73. The average molecular weight is 377 g/mol. The van der Waals surface area contributed by atoms with Crippen molar-refractivity contribution in [3.8, 4) is 5.75 Å². The summed E-state index contributed by atoms with van der Waals surface area (Å²) in [5, 5.41) is 6.44. The quantitative estimate of drug-likeness (QED) is 0.833. The minimum absolute atomic E-state index is 0.204. The molecule has 18 heavy (non-hydrogen) atoms. The summed E-state index contributed by atoms with van der Waals surface area (Å²) >= 11 is 4.00. The zero-order valence-corrected chi connectivity index (χ0v) is 13.5. The summed E-state index contributed by atoms with van der Waals surface area (Å²) in [6, 6.07) is 2.16. The first kappa shape index (κ1) is 13.8. The van der Waals surface area contributed by atoms with Crippen LogP contribution in [0.5, 0.6) is 5.75 Å². The molecule has 0 aliphatic heterocycles. The van der Waals surface area contributed by atoms with Crippen molar-refractivity contribution < 1.29 is 4.74 Å². The lowest BCUT2D eigenvalue weighted by Gasteiger charge is -2.17. The van der Waals surface area contributed by atoms with Crippen LogP contribution >= 0.6 is 33.9 Å². The van der Waals surface area contributed by atoms with Crippen LogP contribution in [0.1, 0.15) is 37.2 Å². The molecule has 2 aromatic heterocycles. The van der Waals surface area contributed by atoms with E-state index in [0.29, 0.717) is 0 Å². The number of aromatic nitrogens is 2. The highest BCUT2D eigenvalue weighted by molar-refractivity contribution is 14.1. The summed E-state index contributed by atoms with van der Waals surface area (Å²) in [5.74, 6) is 0.748. The Kier molecular flexibility index (Phi) is 4.29. The molecule has 2 aromatic rings. The van der Waals surface area contributed by atoms with Gasteiger partial charge in [0.05, 0.1) is 22.2 Å². The molecule has 0 fully saturated rings. The minimum Gasteiger partial charge on any atom is -0.493 e. The predicted octanol–water partition coefficient (Wildman–Crippen LogP) is 3.19. The SMILES string of the molecule is COc1cnn(C(C)C)c1C(N)c1csc(I)c1. The molecule has 0 bridgehead atoms. The molecular formula is C12H16IN3OS. The van der Waals surface area contributed by atoms with Crippen molar-refractivity contribution in [1.82, 2.24) is 9.78 Å². The Morgan fingerprint density at radius 2 is 2.22 bits per heavy atom. The van der Waals surface area contributed by atoms with Gasteiger partial charge in [-0.1, -0.05) is 0 Å². The first-order valence-corrected chi connectivity index (χ1v) is 7.61. The molecule has 0 aliphatic carbocycles. The van der Waals surface area contributed by atoms with Crippen LogP contribution < -0.4 is 10.5 Å². The van der Waals surface area contributed by atoms with Crippen LogP contribution in [0.25, 0.3) is 0 Å². The third-order valence-corrected chi connectivity index (χ3v) is 4.56.